The number of rotatable bonds is 2. The molecule has 1 fully saturated rings. The molecule has 0 bridgehead atoms. The topological polar surface area (TPSA) is 99.4 Å². The van der Waals surface area contributed by atoms with Crippen molar-refractivity contribution in [3.05, 3.63) is 22.8 Å². The van der Waals surface area contributed by atoms with Crippen molar-refractivity contribution in [1.82, 2.24) is 0 Å². The van der Waals surface area contributed by atoms with Crippen LogP contribution in [-0.4, -0.2) is 51.1 Å². The minimum absolute atomic E-state index is 0.118. The number of hydrogen-bond donors (Lipinski definition) is 4. The molecule has 0 aromatic heterocycles. The van der Waals surface area contributed by atoms with Crippen LogP contribution in [0.4, 0.5) is 0 Å². The molecule has 0 amide bonds. The fourth-order valence-corrected chi connectivity index (χ4v) is 4.82. The Morgan fingerprint density at radius 3 is 2.54 bits per heavy atom. The van der Waals surface area contributed by atoms with Gasteiger partial charge in [0.15, 0.2) is 11.5 Å². The van der Waals surface area contributed by atoms with Gasteiger partial charge in [-0.1, -0.05) is 6.92 Å². The molecule has 0 spiro atoms. The van der Waals surface area contributed by atoms with Gasteiger partial charge < -0.3 is 29.9 Å². The Morgan fingerprint density at radius 2 is 1.77 bits per heavy atom. The highest BCUT2D eigenvalue weighted by molar-refractivity contribution is 5.58. The van der Waals surface area contributed by atoms with E-state index >= 15 is 0 Å². The van der Waals surface area contributed by atoms with E-state index in [2.05, 4.69) is 6.92 Å². The Hall–Kier alpha value is -1.34. The largest absolute Gasteiger partial charge is 0.504 e. The van der Waals surface area contributed by atoms with Gasteiger partial charge in [-0.2, -0.15) is 0 Å². The molecule has 1 aromatic carbocycles. The Balaban J connectivity index is 1.69. The van der Waals surface area contributed by atoms with E-state index in [1.165, 1.54) is 17.5 Å². The van der Waals surface area contributed by atoms with Gasteiger partial charge in [0.1, 0.15) is 18.3 Å². The van der Waals surface area contributed by atoms with E-state index in [1.807, 2.05) is 6.07 Å². The maximum Gasteiger partial charge on any atom is 0.229 e. The van der Waals surface area contributed by atoms with E-state index in [0.29, 0.717) is 5.92 Å². The van der Waals surface area contributed by atoms with E-state index in [9.17, 15) is 20.4 Å². The van der Waals surface area contributed by atoms with Gasteiger partial charge in [0.05, 0.1) is 6.10 Å². The van der Waals surface area contributed by atoms with Crippen molar-refractivity contribution in [3.63, 3.8) is 0 Å². The Kier molecular flexibility index (Phi) is 4.63. The van der Waals surface area contributed by atoms with Crippen LogP contribution >= 0.6 is 0 Å². The highest BCUT2D eigenvalue weighted by atomic mass is 16.7. The summed E-state index contributed by atoms with van der Waals surface area (Å²) in [7, 11) is 0. The first-order valence-electron chi connectivity index (χ1n) is 9.63. The molecule has 0 radical (unpaired) electrons. The van der Waals surface area contributed by atoms with Gasteiger partial charge in [-0.25, -0.2) is 0 Å². The third kappa shape index (κ3) is 2.80. The molecule has 1 heterocycles. The molecule has 7 atom stereocenters. The summed E-state index contributed by atoms with van der Waals surface area (Å²) in [6, 6.07) is 1.86. The van der Waals surface area contributed by atoms with E-state index in [0.717, 1.165) is 31.2 Å². The van der Waals surface area contributed by atoms with Crippen molar-refractivity contribution in [2.75, 3.05) is 0 Å². The Labute approximate surface area is 153 Å². The number of phenolic OH excluding ortho intramolecular Hbond substituents is 1. The SMILES string of the molecule is C[C@@H]1O[C@@H](Oc2cc3c4c(c2O)[C@@H](C)CC[C@@H]4CCC3)[C@@H](O)[C@H](O)[C@@H]1O. The van der Waals surface area contributed by atoms with Crippen LogP contribution in [0.25, 0.3) is 0 Å². The highest BCUT2D eigenvalue weighted by Gasteiger charge is 2.44. The van der Waals surface area contributed by atoms with Gasteiger partial charge in [0, 0.05) is 5.56 Å². The third-order valence-corrected chi connectivity index (χ3v) is 6.33. The van der Waals surface area contributed by atoms with Crippen molar-refractivity contribution < 1.29 is 29.9 Å². The van der Waals surface area contributed by atoms with Crippen LogP contribution in [0.3, 0.4) is 0 Å². The van der Waals surface area contributed by atoms with Crippen LogP contribution in [0.2, 0.25) is 0 Å². The molecule has 144 valence electrons. The number of ether oxygens (including phenoxy) is 2. The molecule has 4 rings (SSSR count). The monoisotopic (exact) mass is 364 g/mol. The second kappa shape index (κ2) is 6.68. The zero-order valence-corrected chi connectivity index (χ0v) is 15.3. The molecule has 26 heavy (non-hydrogen) atoms. The molecular weight excluding hydrogens is 336 g/mol. The molecule has 6 nitrogen and oxygen atoms in total. The summed E-state index contributed by atoms with van der Waals surface area (Å²) < 4.78 is 11.3. The zero-order valence-electron chi connectivity index (χ0n) is 15.3. The van der Waals surface area contributed by atoms with Crippen molar-refractivity contribution in [3.8, 4) is 11.5 Å². The summed E-state index contributed by atoms with van der Waals surface area (Å²) in [5.41, 5.74) is 3.45. The lowest BCUT2D eigenvalue weighted by Crippen LogP contribution is -2.58. The smallest absolute Gasteiger partial charge is 0.229 e. The Bertz CT molecular complexity index is 689. The van der Waals surface area contributed by atoms with Gasteiger partial charge in [-0.3, -0.25) is 0 Å². The minimum atomic E-state index is -1.39. The third-order valence-electron chi connectivity index (χ3n) is 6.33. The van der Waals surface area contributed by atoms with Crippen molar-refractivity contribution in [2.45, 2.75) is 88.5 Å². The van der Waals surface area contributed by atoms with Crippen molar-refractivity contribution in [1.29, 1.82) is 0 Å². The average molecular weight is 364 g/mol. The average Bonchev–Trinajstić information content (AvgIpc) is 2.63. The van der Waals surface area contributed by atoms with Crippen molar-refractivity contribution >= 4 is 0 Å². The van der Waals surface area contributed by atoms with E-state index in [-0.39, 0.29) is 17.4 Å². The molecule has 0 saturated carbocycles. The number of phenols is 1. The number of aliphatic hydroxyl groups excluding tert-OH is 3. The molecule has 1 saturated heterocycles. The van der Waals surface area contributed by atoms with Gasteiger partial charge >= 0.3 is 0 Å². The fourth-order valence-electron chi connectivity index (χ4n) is 4.82. The summed E-state index contributed by atoms with van der Waals surface area (Å²) in [6.07, 6.45) is -0.303. The van der Waals surface area contributed by atoms with E-state index < -0.39 is 30.7 Å². The second-order valence-corrected chi connectivity index (χ2v) is 8.08. The van der Waals surface area contributed by atoms with Crippen LogP contribution in [-0.2, 0) is 11.2 Å². The van der Waals surface area contributed by atoms with Crippen LogP contribution < -0.4 is 4.74 Å². The predicted molar refractivity (Wildman–Crippen MR) is 94.4 cm³/mol. The quantitative estimate of drug-likeness (QED) is 0.640. The van der Waals surface area contributed by atoms with Crippen LogP contribution in [0.15, 0.2) is 6.07 Å². The number of aromatic hydroxyl groups is 1. The molecular formula is C20H28O6. The maximum absolute atomic E-state index is 10.9. The predicted octanol–water partition coefficient (Wildman–Crippen LogP) is 1.92. The van der Waals surface area contributed by atoms with E-state index in [4.69, 9.17) is 9.47 Å². The molecule has 1 aliphatic heterocycles. The summed E-state index contributed by atoms with van der Waals surface area (Å²) >= 11 is 0. The maximum atomic E-state index is 10.9. The molecule has 0 unspecified atom stereocenters. The highest BCUT2D eigenvalue weighted by Crippen LogP contribution is 2.52. The van der Waals surface area contributed by atoms with Crippen LogP contribution in [0, 0.1) is 0 Å². The molecule has 3 aliphatic rings. The number of benzene rings is 1. The lowest BCUT2D eigenvalue weighted by Gasteiger charge is -2.40. The van der Waals surface area contributed by atoms with Crippen LogP contribution in [0.5, 0.6) is 11.5 Å². The lowest BCUT2D eigenvalue weighted by atomic mass is 9.70. The van der Waals surface area contributed by atoms with Gasteiger partial charge in [0.25, 0.3) is 0 Å². The first kappa shape index (κ1) is 18.0. The molecule has 6 heteroatoms. The molecule has 1 aromatic rings. The minimum Gasteiger partial charge on any atom is -0.504 e. The number of aryl methyl sites for hydroxylation is 1. The van der Waals surface area contributed by atoms with E-state index in [1.54, 1.807) is 6.92 Å². The van der Waals surface area contributed by atoms with Gasteiger partial charge in [-0.15, -0.1) is 0 Å². The summed E-state index contributed by atoms with van der Waals surface area (Å²) in [6.45, 7) is 3.73. The van der Waals surface area contributed by atoms with Crippen molar-refractivity contribution in [2.24, 2.45) is 0 Å². The second-order valence-electron chi connectivity index (χ2n) is 8.08. The first-order valence-corrected chi connectivity index (χ1v) is 9.63. The molecule has 4 N–H and O–H groups in total. The zero-order chi connectivity index (χ0) is 18.6. The first-order chi connectivity index (χ1) is 12.4. The lowest BCUT2D eigenvalue weighted by molar-refractivity contribution is -0.268. The summed E-state index contributed by atoms with van der Waals surface area (Å²) in [4.78, 5) is 0. The summed E-state index contributed by atoms with van der Waals surface area (Å²) in [5, 5.41) is 40.9. The standard InChI is InChI=1S/C20H28O6/c1-9-6-7-11-4-3-5-12-8-13(17(22)14(9)15(11)12)26-20-19(24)18(23)16(21)10(2)25-20/h8-11,16,18-24H,3-7H2,1-2H3/t9-,10-,11-,16+,18+,19-,20-/m0/s1. The normalized spacial score (nSPS) is 39.3. The Morgan fingerprint density at radius 1 is 1.00 bits per heavy atom. The number of aliphatic hydroxyl groups is 3. The molecule has 2 aliphatic carbocycles. The van der Waals surface area contributed by atoms with Crippen LogP contribution in [0.1, 0.15) is 68.1 Å². The summed E-state index contributed by atoms with van der Waals surface area (Å²) in [5.74, 6) is 1.17. The number of hydrogen-bond acceptors (Lipinski definition) is 6. The van der Waals surface area contributed by atoms with Gasteiger partial charge in [0.2, 0.25) is 6.29 Å². The van der Waals surface area contributed by atoms with Gasteiger partial charge in [-0.05, 0) is 68.1 Å². The fraction of sp³-hybridized carbons (Fsp3) is 0.700.